The molecule has 0 saturated heterocycles. The number of benzene rings is 2. The number of rotatable bonds is 5. The number of fused-ring (bicyclic) bond motifs is 1. The van der Waals surface area contributed by atoms with Crippen LogP contribution in [-0.2, 0) is 16.1 Å². The molecule has 1 aliphatic heterocycles. The molecular formula is C21H18FN5O3. The topological polar surface area (TPSA) is 116 Å². The van der Waals surface area contributed by atoms with E-state index in [9.17, 15) is 18.8 Å². The highest BCUT2D eigenvalue weighted by atomic mass is 19.1. The lowest BCUT2D eigenvalue weighted by Gasteiger charge is -2.23. The molecule has 0 aliphatic carbocycles. The van der Waals surface area contributed by atoms with E-state index in [4.69, 9.17) is 0 Å². The summed E-state index contributed by atoms with van der Waals surface area (Å²) in [6.07, 6.45) is -0.150. The number of aromatic nitrogens is 2. The van der Waals surface area contributed by atoms with Crippen LogP contribution in [0.1, 0.15) is 23.5 Å². The van der Waals surface area contributed by atoms with E-state index in [-0.39, 0.29) is 30.3 Å². The van der Waals surface area contributed by atoms with E-state index >= 15 is 0 Å². The molecule has 0 spiro atoms. The molecule has 3 aromatic rings. The number of halogens is 1. The lowest BCUT2D eigenvalue weighted by Crippen LogP contribution is -2.39. The Morgan fingerprint density at radius 2 is 1.83 bits per heavy atom. The second kappa shape index (κ2) is 8.16. The van der Waals surface area contributed by atoms with Gasteiger partial charge in [-0.1, -0.05) is 30.3 Å². The van der Waals surface area contributed by atoms with Crippen LogP contribution >= 0.6 is 0 Å². The zero-order chi connectivity index (χ0) is 21.1. The fourth-order valence-electron chi connectivity index (χ4n) is 3.23. The number of amides is 2. The second-order valence-corrected chi connectivity index (χ2v) is 6.82. The molecule has 9 heteroatoms. The molecule has 4 rings (SSSR count). The van der Waals surface area contributed by atoms with Gasteiger partial charge in [-0.2, -0.15) is 4.98 Å². The Kier molecular flexibility index (Phi) is 5.25. The number of anilines is 3. The van der Waals surface area contributed by atoms with Gasteiger partial charge in [0.1, 0.15) is 11.6 Å². The monoisotopic (exact) mass is 407 g/mol. The molecule has 1 atom stereocenters. The summed E-state index contributed by atoms with van der Waals surface area (Å²) in [6, 6.07) is 14.8. The number of nitrogens with zero attached hydrogens (tertiary/aromatic N) is 1. The van der Waals surface area contributed by atoms with Gasteiger partial charge < -0.3 is 16.0 Å². The highest BCUT2D eigenvalue weighted by Crippen LogP contribution is 2.29. The third kappa shape index (κ3) is 4.19. The molecule has 0 saturated carbocycles. The number of H-pyrrole nitrogens is 1. The normalized spacial score (nSPS) is 15.1. The molecule has 0 fully saturated rings. The van der Waals surface area contributed by atoms with Crippen molar-refractivity contribution in [2.45, 2.75) is 18.9 Å². The predicted octanol–water partition coefficient (Wildman–Crippen LogP) is 2.39. The van der Waals surface area contributed by atoms with Crippen molar-refractivity contribution in [2.24, 2.45) is 0 Å². The molecule has 1 aliphatic rings. The van der Waals surface area contributed by atoms with E-state index in [1.807, 2.05) is 30.3 Å². The first-order chi connectivity index (χ1) is 14.5. The molecule has 0 bridgehead atoms. The summed E-state index contributed by atoms with van der Waals surface area (Å²) >= 11 is 0. The fraction of sp³-hybridized carbons (Fsp3) is 0.143. The van der Waals surface area contributed by atoms with Gasteiger partial charge in [-0.15, -0.1) is 0 Å². The third-order valence-electron chi connectivity index (χ3n) is 4.68. The Morgan fingerprint density at radius 1 is 1.10 bits per heavy atom. The van der Waals surface area contributed by atoms with Crippen molar-refractivity contribution in [1.82, 2.24) is 15.3 Å². The Bertz CT molecular complexity index is 1150. The van der Waals surface area contributed by atoms with E-state index in [1.165, 1.54) is 24.3 Å². The van der Waals surface area contributed by atoms with Crippen molar-refractivity contribution in [3.8, 4) is 0 Å². The average Bonchev–Trinajstić information content (AvgIpc) is 2.73. The molecule has 2 heterocycles. The quantitative estimate of drug-likeness (QED) is 0.518. The molecule has 152 valence electrons. The van der Waals surface area contributed by atoms with Crippen molar-refractivity contribution in [3.05, 3.63) is 81.9 Å². The van der Waals surface area contributed by atoms with Gasteiger partial charge in [0.15, 0.2) is 0 Å². The van der Waals surface area contributed by atoms with Gasteiger partial charge in [0.25, 0.3) is 5.56 Å². The van der Waals surface area contributed by atoms with Crippen molar-refractivity contribution < 1.29 is 14.0 Å². The number of carbonyl (C=O) groups excluding carboxylic acids is 2. The van der Waals surface area contributed by atoms with E-state index in [0.717, 1.165) is 5.56 Å². The van der Waals surface area contributed by atoms with Crippen molar-refractivity contribution in [1.29, 1.82) is 0 Å². The zero-order valence-electron chi connectivity index (χ0n) is 15.7. The maximum Gasteiger partial charge on any atom is 0.258 e. The van der Waals surface area contributed by atoms with Gasteiger partial charge in [0.05, 0.1) is 11.5 Å². The maximum absolute atomic E-state index is 13.1. The molecule has 2 aromatic carbocycles. The molecule has 4 N–H and O–H groups in total. The smallest absolute Gasteiger partial charge is 0.258 e. The number of hydrogen-bond donors (Lipinski definition) is 4. The standard InChI is InChI=1S/C21H18FN5O3/c22-13-6-8-14(9-7-13)24-21-26-18-17(20(30)27-21)15(10-16(28)25-18)19(29)23-11-12-4-2-1-3-5-12/h1-9,15H,10-11H2,(H,23,29)(H3,24,25,26,27,28,30)/t15-/m1/s1. The van der Waals surface area contributed by atoms with Crippen LogP contribution in [0.15, 0.2) is 59.4 Å². The van der Waals surface area contributed by atoms with Gasteiger partial charge in [0, 0.05) is 18.7 Å². The SMILES string of the molecule is O=C1C[C@@H](C(=O)NCc2ccccc2)c2c(nc(Nc3ccc(F)cc3)[nH]c2=O)N1. The van der Waals surface area contributed by atoms with Crippen LogP contribution in [-0.4, -0.2) is 21.8 Å². The van der Waals surface area contributed by atoms with Crippen LogP contribution in [0.5, 0.6) is 0 Å². The summed E-state index contributed by atoms with van der Waals surface area (Å²) < 4.78 is 13.1. The minimum Gasteiger partial charge on any atom is -0.351 e. The van der Waals surface area contributed by atoms with Gasteiger partial charge >= 0.3 is 0 Å². The van der Waals surface area contributed by atoms with E-state index < -0.39 is 29.1 Å². The molecule has 0 radical (unpaired) electrons. The van der Waals surface area contributed by atoms with E-state index in [2.05, 4.69) is 25.9 Å². The summed E-state index contributed by atoms with van der Waals surface area (Å²) in [6.45, 7) is 0.280. The zero-order valence-corrected chi connectivity index (χ0v) is 15.7. The molecule has 30 heavy (non-hydrogen) atoms. The fourth-order valence-corrected chi connectivity index (χ4v) is 3.23. The van der Waals surface area contributed by atoms with Crippen molar-refractivity contribution >= 4 is 29.3 Å². The Balaban J connectivity index is 1.57. The lowest BCUT2D eigenvalue weighted by atomic mass is 9.92. The van der Waals surface area contributed by atoms with E-state index in [0.29, 0.717) is 5.69 Å². The van der Waals surface area contributed by atoms with Crippen LogP contribution in [0, 0.1) is 5.82 Å². The predicted molar refractivity (Wildman–Crippen MR) is 109 cm³/mol. The minimum absolute atomic E-state index is 0.0273. The number of aromatic amines is 1. The van der Waals surface area contributed by atoms with Crippen LogP contribution in [0.2, 0.25) is 0 Å². The molecular weight excluding hydrogens is 389 g/mol. The highest BCUT2D eigenvalue weighted by molar-refractivity contribution is 6.00. The minimum atomic E-state index is -0.950. The lowest BCUT2D eigenvalue weighted by molar-refractivity contribution is -0.126. The highest BCUT2D eigenvalue weighted by Gasteiger charge is 2.34. The molecule has 8 nitrogen and oxygen atoms in total. The van der Waals surface area contributed by atoms with Gasteiger partial charge in [0.2, 0.25) is 17.8 Å². The van der Waals surface area contributed by atoms with E-state index in [1.54, 1.807) is 0 Å². The number of hydrogen-bond acceptors (Lipinski definition) is 5. The Morgan fingerprint density at radius 3 is 2.57 bits per heavy atom. The first-order valence-corrected chi connectivity index (χ1v) is 9.28. The van der Waals surface area contributed by atoms with Crippen molar-refractivity contribution in [2.75, 3.05) is 10.6 Å². The van der Waals surface area contributed by atoms with Crippen LogP contribution < -0.4 is 21.5 Å². The molecule has 0 unspecified atom stereocenters. The first kappa shape index (κ1) is 19.3. The summed E-state index contributed by atoms with van der Waals surface area (Å²) in [5.41, 5.74) is 0.963. The summed E-state index contributed by atoms with van der Waals surface area (Å²) in [4.78, 5) is 44.3. The maximum atomic E-state index is 13.1. The molecule has 2 amide bonds. The first-order valence-electron chi connectivity index (χ1n) is 9.28. The van der Waals surface area contributed by atoms with Gasteiger partial charge in [-0.3, -0.25) is 19.4 Å². The van der Waals surface area contributed by atoms with Crippen LogP contribution in [0.25, 0.3) is 0 Å². The summed E-state index contributed by atoms with van der Waals surface area (Å²) in [5, 5.41) is 8.15. The summed E-state index contributed by atoms with van der Waals surface area (Å²) in [7, 11) is 0. The Labute approximate surface area is 170 Å². The van der Waals surface area contributed by atoms with Crippen LogP contribution in [0.3, 0.4) is 0 Å². The summed E-state index contributed by atoms with van der Waals surface area (Å²) in [5.74, 6) is -2.09. The largest absolute Gasteiger partial charge is 0.351 e. The third-order valence-corrected chi connectivity index (χ3v) is 4.68. The second-order valence-electron chi connectivity index (χ2n) is 6.82. The average molecular weight is 407 g/mol. The Hall–Kier alpha value is -4.01. The number of nitrogens with one attached hydrogen (secondary N) is 4. The van der Waals surface area contributed by atoms with Crippen LogP contribution in [0.4, 0.5) is 21.8 Å². The molecule has 1 aromatic heterocycles. The van der Waals surface area contributed by atoms with Crippen molar-refractivity contribution in [3.63, 3.8) is 0 Å². The van der Waals surface area contributed by atoms with Gasteiger partial charge in [-0.25, -0.2) is 4.39 Å². The van der Waals surface area contributed by atoms with Gasteiger partial charge in [-0.05, 0) is 29.8 Å². The number of carbonyl (C=O) groups is 2.